The van der Waals surface area contributed by atoms with Crippen LogP contribution in [0.3, 0.4) is 0 Å². The second-order valence-electron chi connectivity index (χ2n) is 11.4. The SMILES string of the molecule is C=C1C(=O)C23C4CC5C(C)(C)CCCC56COC(CC1C2OC(C)(C)O4)C63. The van der Waals surface area contributed by atoms with Gasteiger partial charge in [0.2, 0.25) is 0 Å². The minimum absolute atomic E-state index is 0.0782. The van der Waals surface area contributed by atoms with Gasteiger partial charge in [0.15, 0.2) is 11.6 Å². The molecular formula is C23H32O4. The van der Waals surface area contributed by atoms with Crippen LogP contribution in [0.1, 0.15) is 59.8 Å². The molecule has 2 aliphatic heterocycles. The van der Waals surface area contributed by atoms with E-state index in [1.807, 2.05) is 13.8 Å². The molecule has 2 spiro atoms. The van der Waals surface area contributed by atoms with Crippen molar-refractivity contribution in [1.82, 2.24) is 0 Å². The smallest absolute Gasteiger partial charge is 0.170 e. The number of carbonyl (C=O) groups is 1. The second kappa shape index (κ2) is 4.71. The van der Waals surface area contributed by atoms with Crippen LogP contribution in [-0.4, -0.2) is 36.5 Å². The average molecular weight is 373 g/mol. The molecular weight excluding hydrogens is 340 g/mol. The molecule has 6 rings (SSSR count). The van der Waals surface area contributed by atoms with E-state index in [1.165, 1.54) is 19.3 Å². The van der Waals surface area contributed by atoms with Crippen LogP contribution >= 0.6 is 0 Å². The van der Waals surface area contributed by atoms with E-state index in [4.69, 9.17) is 14.2 Å². The van der Waals surface area contributed by atoms with E-state index in [0.29, 0.717) is 5.92 Å². The molecule has 0 aromatic carbocycles. The summed E-state index contributed by atoms with van der Waals surface area (Å²) in [6.07, 6.45) is 5.49. The fourth-order valence-corrected chi connectivity index (χ4v) is 8.77. The summed E-state index contributed by atoms with van der Waals surface area (Å²) in [5.74, 6) is 0.437. The summed E-state index contributed by atoms with van der Waals surface area (Å²) >= 11 is 0. The molecule has 0 aromatic heterocycles. The second-order valence-corrected chi connectivity index (χ2v) is 11.4. The lowest BCUT2D eigenvalue weighted by molar-refractivity contribution is -0.379. The standard InChI is InChI=1S/C23H32O4/c1-12-13-9-14-17-22(11-25-14)8-6-7-20(2,3)15(22)10-16-23(17,18(12)24)19(13)27-21(4,5)26-16/h13-17,19H,1,6-11H2,2-5H3. The number of hydrogen-bond acceptors (Lipinski definition) is 4. The molecule has 4 heteroatoms. The Morgan fingerprint density at radius 3 is 2.63 bits per heavy atom. The summed E-state index contributed by atoms with van der Waals surface area (Å²) in [6, 6.07) is 0. The maximum atomic E-state index is 13.8. The van der Waals surface area contributed by atoms with Gasteiger partial charge in [0, 0.05) is 17.3 Å². The fourth-order valence-electron chi connectivity index (χ4n) is 8.77. The van der Waals surface area contributed by atoms with Crippen molar-refractivity contribution in [2.45, 2.75) is 83.9 Å². The zero-order valence-electron chi connectivity index (χ0n) is 17.0. The van der Waals surface area contributed by atoms with Crippen molar-refractivity contribution >= 4 is 5.78 Å². The Labute approximate surface area is 162 Å². The Kier molecular flexibility index (Phi) is 3.00. The molecule has 2 saturated heterocycles. The van der Waals surface area contributed by atoms with E-state index in [9.17, 15) is 4.79 Å². The highest BCUT2D eigenvalue weighted by Crippen LogP contribution is 2.75. The lowest BCUT2D eigenvalue weighted by Crippen LogP contribution is -2.73. The van der Waals surface area contributed by atoms with Gasteiger partial charge in [-0.1, -0.05) is 26.8 Å². The lowest BCUT2D eigenvalue weighted by atomic mass is 9.39. The zero-order chi connectivity index (χ0) is 19.0. The molecule has 0 N–H and O–H groups in total. The first-order chi connectivity index (χ1) is 12.6. The monoisotopic (exact) mass is 372 g/mol. The Morgan fingerprint density at radius 1 is 1.07 bits per heavy atom. The predicted octanol–water partition coefficient (Wildman–Crippen LogP) is 3.88. The molecule has 4 saturated carbocycles. The van der Waals surface area contributed by atoms with Gasteiger partial charge in [-0.05, 0) is 56.4 Å². The Balaban J connectivity index is 1.60. The number of hydrogen-bond donors (Lipinski definition) is 0. The van der Waals surface area contributed by atoms with Crippen LogP contribution in [0.15, 0.2) is 12.2 Å². The molecule has 2 heterocycles. The summed E-state index contributed by atoms with van der Waals surface area (Å²) in [6.45, 7) is 13.9. The maximum Gasteiger partial charge on any atom is 0.170 e. The van der Waals surface area contributed by atoms with Gasteiger partial charge < -0.3 is 14.2 Å². The molecule has 2 bridgehead atoms. The first-order valence-corrected chi connectivity index (χ1v) is 10.8. The number of carbonyl (C=O) groups excluding carboxylic acids is 1. The minimum atomic E-state index is -0.646. The van der Waals surface area contributed by atoms with Crippen LogP contribution in [-0.2, 0) is 19.0 Å². The van der Waals surface area contributed by atoms with Gasteiger partial charge in [-0.3, -0.25) is 4.79 Å². The number of Topliss-reactive ketones (excluding diaryl/α,β-unsaturated/α-hetero) is 1. The highest BCUT2D eigenvalue weighted by Gasteiger charge is 2.81. The molecule has 0 amide bonds. The third kappa shape index (κ3) is 1.72. The van der Waals surface area contributed by atoms with Gasteiger partial charge >= 0.3 is 0 Å². The number of ether oxygens (including phenoxy) is 3. The third-order valence-corrected chi connectivity index (χ3v) is 9.45. The van der Waals surface area contributed by atoms with Crippen molar-refractivity contribution in [3.8, 4) is 0 Å². The molecule has 8 atom stereocenters. The first-order valence-electron chi connectivity index (χ1n) is 10.8. The van der Waals surface area contributed by atoms with E-state index in [2.05, 4.69) is 20.4 Å². The molecule has 0 aromatic rings. The average Bonchev–Trinajstić information content (AvgIpc) is 3.00. The lowest BCUT2D eigenvalue weighted by Gasteiger charge is -2.67. The zero-order valence-corrected chi connectivity index (χ0v) is 17.0. The highest BCUT2D eigenvalue weighted by atomic mass is 16.7. The van der Waals surface area contributed by atoms with E-state index in [-0.39, 0.29) is 46.8 Å². The summed E-state index contributed by atoms with van der Waals surface area (Å²) in [5, 5.41) is 0. The number of rotatable bonds is 0. The van der Waals surface area contributed by atoms with E-state index < -0.39 is 11.2 Å². The summed E-state index contributed by atoms with van der Waals surface area (Å²) in [4.78, 5) is 13.8. The van der Waals surface area contributed by atoms with Crippen LogP contribution < -0.4 is 0 Å². The Hall–Kier alpha value is -0.710. The van der Waals surface area contributed by atoms with Crippen molar-refractivity contribution in [1.29, 1.82) is 0 Å². The molecule has 4 nitrogen and oxygen atoms in total. The molecule has 6 fully saturated rings. The summed E-state index contributed by atoms with van der Waals surface area (Å²) in [7, 11) is 0. The third-order valence-electron chi connectivity index (χ3n) is 9.45. The normalized spacial score (nSPS) is 56.6. The molecule has 8 unspecified atom stereocenters. The molecule has 0 radical (unpaired) electrons. The van der Waals surface area contributed by atoms with Crippen molar-refractivity contribution in [3.63, 3.8) is 0 Å². The molecule has 148 valence electrons. The van der Waals surface area contributed by atoms with Crippen molar-refractivity contribution < 1.29 is 19.0 Å². The minimum Gasteiger partial charge on any atom is -0.377 e. The van der Waals surface area contributed by atoms with Crippen LogP contribution in [0.5, 0.6) is 0 Å². The largest absolute Gasteiger partial charge is 0.377 e. The van der Waals surface area contributed by atoms with Crippen LogP contribution in [0.2, 0.25) is 0 Å². The Bertz CT molecular complexity index is 753. The van der Waals surface area contributed by atoms with Gasteiger partial charge in [-0.25, -0.2) is 0 Å². The van der Waals surface area contributed by atoms with Crippen molar-refractivity contribution in [3.05, 3.63) is 12.2 Å². The van der Waals surface area contributed by atoms with E-state index >= 15 is 0 Å². The molecule has 4 aliphatic carbocycles. The van der Waals surface area contributed by atoms with Gasteiger partial charge in [0.1, 0.15) is 0 Å². The number of ketones is 1. The van der Waals surface area contributed by atoms with Crippen molar-refractivity contribution in [2.75, 3.05) is 6.61 Å². The van der Waals surface area contributed by atoms with Crippen LogP contribution in [0, 0.1) is 34.0 Å². The summed E-state index contributed by atoms with van der Waals surface area (Å²) < 4.78 is 19.6. The summed E-state index contributed by atoms with van der Waals surface area (Å²) in [5.41, 5.74) is 0.559. The van der Waals surface area contributed by atoms with Gasteiger partial charge in [0.05, 0.1) is 30.3 Å². The van der Waals surface area contributed by atoms with E-state index in [0.717, 1.165) is 25.0 Å². The van der Waals surface area contributed by atoms with Crippen molar-refractivity contribution in [2.24, 2.45) is 34.0 Å². The Morgan fingerprint density at radius 2 is 1.85 bits per heavy atom. The molecule has 27 heavy (non-hydrogen) atoms. The highest BCUT2D eigenvalue weighted by molar-refractivity contribution is 6.05. The fraction of sp³-hybridized carbons (Fsp3) is 0.870. The van der Waals surface area contributed by atoms with Gasteiger partial charge in [0.25, 0.3) is 0 Å². The van der Waals surface area contributed by atoms with E-state index in [1.54, 1.807) is 0 Å². The first kappa shape index (κ1) is 17.2. The topological polar surface area (TPSA) is 44.8 Å². The molecule has 6 aliphatic rings. The maximum absolute atomic E-state index is 13.8. The predicted molar refractivity (Wildman–Crippen MR) is 99.9 cm³/mol. The van der Waals surface area contributed by atoms with Crippen LogP contribution in [0.4, 0.5) is 0 Å². The van der Waals surface area contributed by atoms with Gasteiger partial charge in [-0.15, -0.1) is 0 Å². The van der Waals surface area contributed by atoms with Crippen LogP contribution in [0.25, 0.3) is 0 Å². The quantitative estimate of drug-likeness (QED) is 0.605. The van der Waals surface area contributed by atoms with Gasteiger partial charge in [-0.2, -0.15) is 0 Å².